The van der Waals surface area contributed by atoms with Crippen molar-refractivity contribution in [2.24, 2.45) is 0 Å². The van der Waals surface area contributed by atoms with Crippen LogP contribution >= 0.6 is 0 Å². The largest absolute Gasteiger partial charge is 0.384 e. The van der Waals surface area contributed by atoms with E-state index in [1.165, 1.54) is 21.4 Å². The molecule has 0 saturated carbocycles. The van der Waals surface area contributed by atoms with Crippen molar-refractivity contribution in [2.75, 3.05) is 5.73 Å². The molecule has 0 radical (unpaired) electrons. The molecule has 17 heavy (non-hydrogen) atoms. The van der Waals surface area contributed by atoms with Crippen molar-refractivity contribution in [2.45, 2.75) is 26.9 Å². The first-order valence-corrected chi connectivity index (χ1v) is 5.49. The van der Waals surface area contributed by atoms with E-state index in [0.29, 0.717) is 24.0 Å². The van der Waals surface area contributed by atoms with E-state index < -0.39 is 0 Å². The smallest absolute Gasteiger partial charge is 0.331 e. The summed E-state index contributed by atoms with van der Waals surface area (Å²) in [5, 5.41) is 0.431. The Morgan fingerprint density at radius 3 is 2.47 bits per heavy atom. The lowest BCUT2D eigenvalue weighted by Gasteiger charge is -2.10. The van der Waals surface area contributed by atoms with E-state index in [1.54, 1.807) is 6.92 Å². The minimum absolute atomic E-state index is 0.276. The van der Waals surface area contributed by atoms with Crippen LogP contribution in [-0.4, -0.2) is 14.1 Å². The van der Waals surface area contributed by atoms with Crippen LogP contribution in [0.25, 0.3) is 10.9 Å². The first kappa shape index (κ1) is 11.4. The molecule has 0 aliphatic carbocycles. The lowest BCUT2D eigenvalue weighted by molar-refractivity contribution is 0.608. The van der Waals surface area contributed by atoms with E-state index in [1.807, 2.05) is 6.92 Å². The Kier molecular flexibility index (Phi) is 2.71. The fraction of sp³-hybridized carbons (Fsp3) is 0.364. The van der Waals surface area contributed by atoms with Crippen molar-refractivity contribution < 1.29 is 0 Å². The number of pyridine rings is 1. The Morgan fingerprint density at radius 1 is 1.24 bits per heavy atom. The monoisotopic (exact) mass is 234 g/mol. The molecule has 2 aromatic heterocycles. The Labute approximate surface area is 97.3 Å². The van der Waals surface area contributed by atoms with Crippen molar-refractivity contribution in [1.82, 2.24) is 14.1 Å². The van der Waals surface area contributed by atoms with Crippen LogP contribution in [0.2, 0.25) is 0 Å². The molecule has 0 aliphatic rings. The van der Waals surface area contributed by atoms with Crippen molar-refractivity contribution in [1.29, 1.82) is 0 Å². The molecule has 2 heterocycles. The maximum Gasteiger partial charge on any atom is 0.331 e. The maximum absolute atomic E-state index is 12.1. The molecule has 2 N–H and O–H groups in total. The summed E-state index contributed by atoms with van der Waals surface area (Å²) in [5.41, 5.74) is 5.48. The van der Waals surface area contributed by atoms with Gasteiger partial charge in [0.2, 0.25) is 0 Å². The molecule has 2 aromatic rings. The van der Waals surface area contributed by atoms with Crippen LogP contribution in [0.5, 0.6) is 0 Å². The molecule has 0 spiro atoms. The van der Waals surface area contributed by atoms with Crippen LogP contribution < -0.4 is 17.0 Å². The molecule has 0 aromatic carbocycles. The number of anilines is 1. The number of hydrogen-bond donors (Lipinski definition) is 1. The van der Waals surface area contributed by atoms with Gasteiger partial charge in [-0.05, 0) is 19.9 Å². The van der Waals surface area contributed by atoms with Gasteiger partial charge in [0.25, 0.3) is 5.56 Å². The third kappa shape index (κ3) is 1.61. The molecular weight excluding hydrogens is 220 g/mol. The third-order valence-corrected chi connectivity index (χ3v) is 2.76. The first-order chi connectivity index (χ1) is 8.10. The zero-order chi connectivity index (χ0) is 12.6. The summed E-state index contributed by atoms with van der Waals surface area (Å²) in [7, 11) is 0. The topological polar surface area (TPSA) is 82.9 Å². The highest BCUT2D eigenvalue weighted by Gasteiger charge is 2.11. The van der Waals surface area contributed by atoms with Crippen molar-refractivity contribution >= 4 is 16.7 Å². The highest BCUT2D eigenvalue weighted by Crippen LogP contribution is 2.09. The summed E-state index contributed by atoms with van der Waals surface area (Å²) in [6.45, 7) is 4.44. The molecule has 0 unspecified atom stereocenters. The quantitative estimate of drug-likeness (QED) is 0.803. The second-order valence-electron chi connectivity index (χ2n) is 3.70. The fourth-order valence-electron chi connectivity index (χ4n) is 1.92. The number of nitrogens with zero attached hydrogens (tertiary/aromatic N) is 3. The van der Waals surface area contributed by atoms with Gasteiger partial charge in [-0.2, -0.15) is 0 Å². The van der Waals surface area contributed by atoms with Gasteiger partial charge in [0.05, 0.1) is 17.1 Å². The summed E-state index contributed by atoms with van der Waals surface area (Å²) in [5.74, 6) is 0.276. The third-order valence-electron chi connectivity index (χ3n) is 2.76. The Bertz CT molecular complexity index is 684. The van der Waals surface area contributed by atoms with Gasteiger partial charge in [0.15, 0.2) is 0 Å². The van der Waals surface area contributed by atoms with Crippen LogP contribution in [0.1, 0.15) is 13.8 Å². The average Bonchev–Trinajstić information content (AvgIpc) is 2.31. The number of aryl methyl sites for hydroxylation is 1. The standard InChI is InChI=1S/C11H14N4O2/c1-3-14-8-6-13-9(12)5-7(8)10(16)15(4-2)11(14)17/h5-6H,3-4H2,1-2H3,(H2,12,13). The van der Waals surface area contributed by atoms with E-state index >= 15 is 0 Å². The zero-order valence-corrected chi connectivity index (χ0v) is 9.80. The van der Waals surface area contributed by atoms with Gasteiger partial charge < -0.3 is 5.73 Å². The predicted octanol–water partition coefficient (Wildman–Crippen LogP) is 0.180. The molecule has 6 nitrogen and oxygen atoms in total. The normalized spacial score (nSPS) is 10.9. The fourth-order valence-corrected chi connectivity index (χ4v) is 1.92. The van der Waals surface area contributed by atoms with Crippen molar-refractivity contribution in [3.8, 4) is 0 Å². The molecule has 2 rings (SSSR count). The molecule has 0 aliphatic heterocycles. The molecule has 0 saturated heterocycles. The average molecular weight is 234 g/mol. The number of nitrogens with two attached hydrogens (primary N) is 1. The molecule has 0 fully saturated rings. The van der Waals surface area contributed by atoms with Gasteiger partial charge in [-0.3, -0.25) is 13.9 Å². The molecule has 6 heteroatoms. The van der Waals surface area contributed by atoms with E-state index in [2.05, 4.69) is 4.98 Å². The van der Waals surface area contributed by atoms with E-state index in [9.17, 15) is 9.59 Å². The minimum atomic E-state index is -0.314. The Balaban J connectivity index is 3.06. The molecular formula is C11H14N4O2. The van der Waals surface area contributed by atoms with Crippen LogP contribution in [0.15, 0.2) is 21.9 Å². The number of aromatic nitrogens is 3. The van der Waals surface area contributed by atoms with Crippen LogP contribution in [0.4, 0.5) is 5.82 Å². The Morgan fingerprint density at radius 2 is 1.88 bits per heavy atom. The van der Waals surface area contributed by atoms with Gasteiger partial charge in [-0.25, -0.2) is 9.78 Å². The van der Waals surface area contributed by atoms with E-state index in [4.69, 9.17) is 5.73 Å². The predicted molar refractivity (Wildman–Crippen MR) is 66.0 cm³/mol. The highest BCUT2D eigenvalue weighted by atomic mass is 16.2. The van der Waals surface area contributed by atoms with Crippen LogP contribution in [0, 0.1) is 0 Å². The molecule has 90 valence electrons. The second-order valence-corrected chi connectivity index (χ2v) is 3.70. The number of nitrogen functional groups attached to an aromatic ring is 1. The number of rotatable bonds is 2. The van der Waals surface area contributed by atoms with Gasteiger partial charge in [0.1, 0.15) is 5.82 Å². The van der Waals surface area contributed by atoms with Gasteiger partial charge >= 0.3 is 5.69 Å². The van der Waals surface area contributed by atoms with Gasteiger partial charge in [-0.15, -0.1) is 0 Å². The molecule has 0 atom stereocenters. The second kappa shape index (κ2) is 4.04. The molecule has 0 amide bonds. The lowest BCUT2D eigenvalue weighted by atomic mass is 10.3. The Hall–Kier alpha value is -2.11. The SMILES string of the molecule is CCn1c(=O)c2cc(N)ncc2n(CC)c1=O. The van der Waals surface area contributed by atoms with Crippen LogP contribution in [-0.2, 0) is 13.1 Å². The lowest BCUT2D eigenvalue weighted by Crippen LogP contribution is -2.39. The highest BCUT2D eigenvalue weighted by molar-refractivity contribution is 5.79. The first-order valence-electron chi connectivity index (χ1n) is 5.49. The minimum Gasteiger partial charge on any atom is -0.384 e. The summed E-state index contributed by atoms with van der Waals surface area (Å²) < 4.78 is 2.72. The number of hydrogen-bond acceptors (Lipinski definition) is 4. The van der Waals surface area contributed by atoms with Crippen LogP contribution in [0.3, 0.4) is 0 Å². The summed E-state index contributed by atoms with van der Waals surface area (Å²) in [6.07, 6.45) is 1.47. The van der Waals surface area contributed by atoms with Crippen molar-refractivity contribution in [3.05, 3.63) is 33.1 Å². The summed E-state index contributed by atoms with van der Waals surface area (Å²) in [4.78, 5) is 28.0. The van der Waals surface area contributed by atoms with Crippen molar-refractivity contribution in [3.63, 3.8) is 0 Å². The molecule has 0 bridgehead atoms. The van der Waals surface area contributed by atoms with E-state index in [-0.39, 0.29) is 17.1 Å². The van der Waals surface area contributed by atoms with Gasteiger partial charge in [-0.1, -0.05) is 0 Å². The maximum atomic E-state index is 12.1. The summed E-state index contributed by atoms with van der Waals surface area (Å²) >= 11 is 0. The zero-order valence-electron chi connectivity index (χ0n) is 9.80. The number of fused-ring (bicyclic) bond motifs is 1. The summed E-state index contributed by atoms with van der Waals surface area (Å²) in [6, 6.07) is 1.51. The van der Waals surface area contributed by atoms with E-state index in [0.717, 1.165) is 0 Å². The van der Waals surface area contributed by atoms with Gasteiger partial charge in [0, 0.05) is 13.1 Å².